The summed E-state index contributed by atoms with van der Waals surface area (Å²) in [5.74, 6) is 0.0200. The number of aromatic nitrogens is 8. The van der Waals surface area contributed by atoms with Crippen LogP contribution in [-0.2, 0) is 35.7 Å². The van der Waals surface area contributed by atoms with E-state index < -0.39 is 5.91 Å². The second kappa shape index (κ2) is 20.5. The Kier molecular flexibility index (Phi) is 14.9. The van der Waals surface area contributed by atoms with Crippen LogP contribution in [0.15, 0.2) is 54.6 Å². The highest BCUT2D eigenvalue weighted by Crippen LogP contribution is 2.32. The van der Waals surface area contributed by atoms with E-state index in [1.165, 1.54) is 0 Å². The highest BCUT2D eigenvalue weighted by molar-refractivity contribution is 6.04. The second-order valence-electron chi connectivity index (χ2n) is 15.6. The molecule has 20 nitrogen and oxygen atoms in total. The van der Waals surface area contributed by atoms with Crippen LogP contribution in [-0.4, -0.2) is 120 Å². The third kappa shape index (κ3) is 10.3. The fourth-order valence-electron chi connectivity index (χ4n) is 7.97. The maximum absolute atomic E-state index is 13.8. The molecule has 7 rings (SSSR count). The quantitative estimate of drug-likeness (QED) is 0.0446. The maximum atomic E-state index is 13.8. The molecule has 0 aliphatic carbocycles. The van der Waals surface area contributed by atoms with Crippen molar-refractivity contribution in [2.24, 2.45) is 11.5 Å². The van der Waals surface area contributed by atoms with Crippen molar-refractivity contribution in [2.45, 2.75) is 72.8 Å². The van der Waals surface area contributed by atoms with Crippen molar-refractivity contribution in [1.82, 2.24) is 48.9 Å². The van der Waals surface area contributed by atoms with E-state index in [-0.39, 0.29) is 29.8 Å². The lowest BCUT2D eigenvalue weighted by Gasteiger charge is -2.49. The van der Waals surface area contributed by atoms with Gasteiger partial charge < -0.3 is 35.4 Å². The number of carbonyl (C=O) groups excluding carboxylic acids is 4. The lowest BCUT2D eigenvalue weighted by molar-refractivity contribution is -0.121. The summed E-state index contributed by atoms with van der Waals surface area (Å²) >= 11 is 0. The molecule has 5 heterocycles. The largest absolute Gasteiger partial charge is 0.491 e. The summed E-state index contributed by atoms with van der Waals surface area (Å²) in [4.78, 5) is 60.0. The molecule has 6 aromatic rings. The number of amides is 4. The van der Waals surface area contributed by atoms with Gasteiger partial charge in [-0.3, -0.25) is 44.1 Å². The molecule has 0 unspecified atom stereocenters. The average molecular weight is 879 g/mol. The smallest absolute Gasteiger partial charge is 0.276 e. The number of nitrogens with two attached hydrogens (primary N) is 2. The molecule has 340 valence electrons. The third-order valence-corrected chi connectivity index (χ3v) is 10.9. The van der Waals surface area contributed by atoms with Crippen LogP contribution in [0.25, 0.3) is 22.1 Å². The van der Waals surface area contributed by atoms with Crippen molar-refractivity contribution in [3.8, 4) is 5.75 Å². The molecular formula is C44H58N14O6. The Hall–Kier alpha value is -6.90. The first-order chi connectivity index (χ1) is 30.8. The number of benzene rings is 2. The van der Waals surface area contributed by atoms with Crippen LogP contribution >= 0.6 is 0 Å². The summed E-state index contributed by atoms with van der Waals surface area (Å²) in [5, 5.41) is 18.1. The van der Waals surface area contributed by atoms with E-state index in [0.717, 1.165) is 55.1 Å². The van der Waals surface area contributed by atoms with E-state index in [9.17, 15) is 14.4 Å². The van der Waals surface area contributed by atoms with Gasteiger partial charge in [-0.05, 0) is 96.1 Å². The Balaban J connectivity index is 0.00000220. The number of anilines is 2. The number of rotatable bonds is 19. The summed E-state index contributed by atoms with van der Waals surface area (Å²) < 4.78 is 19.4. The number of likely N-dealkylation sites (tertiary alicyclic amines) is 1. The van der Waals surface area contributed by atoms with Crippen LogP contribution in [0.1, 0.15) is 68.6 Å². The van der Waals surface area contributed by atoms with Gasteiger partial charge in [0.2, 0.25) is 24.2 Å². The number of fused-ring (bicyclic) bond motifs is 2. The Labute approximate surface area is 370 Å². The standard InChI is InChI=1S/C43H55N13O5.CH3NO/c1-8-55-34(21-28(4)50-55)39(58)48-41-46-31-23-30(38(44)57)13-14-33(31)53(41)16-10-11-17-54-37-32(47-42(54)49-40(59)35-22-29(5)51-56(35)9-2)19-27(3)20-36(37)61-18-12-15-52-25-43(26-52,60-7)24-45-6;2-1-3/h10-11,13-14,19-23,45H,8-9,12,15-18,24-26H2,1-7H3,(H2,44,57)(H,46,48,58)(H,47,49,59);1H,(H2,2,3)/b11-10+;. The maximum Gasteiger partial charge on any atom is 0.276 e. The molecule has 0 radical (unpaired) electrons. The Bertz CT molecular complexity index is 2670. The van der Waals surface area contributed by atoms with Gasteiger partial charge in [-0.1, -0.05) is 12.2 Å². The molecule has 20 heteroatoms. The van der Waals surface area contributed by atoms with Crippen molar-refractivity contribution >= 4 is 58.1 Å². The lowest BCUT2D eigenvalue weighted by Crippen LogP contribution is -2.66. The first-order valence-electron chi connectivity index (χ1n) is 21.1. The zero-order valence-corrected chi connectivity index (χ0v) is 37.5. The molecule has 1 fully saturated rings. The van der Waals surface area contributed by atoms with Gasteiger partial charge in [-0.25, -0.2) is 9.97 Å². The van der Waals surface area contributed by atoms with Crippen LogP contribution in [0, 0.1) is 20.8 Å². The van der Waals surface area contributed by atoms with Gasteiger partial charge in [0.05, 0.1) is 34.5 Å². The van der Waals surface area contributed by atoms with Crippen LogP contribution in [0.2, 0.25) is 0 Å². The number of nitrogens with zero attached hydrogens (tertiary/aromatic N) is 9. The zero-order valence-electron chi connectivity index (χ0n) is 37.5. The summed E-state index contributed by atoms with van der Waals surface area (Å²) in [5.41, 5.74) is 15.8. The predicted molar refractivity (Wildman–Crippen MR) is 244 cm³/mol. The number of hydrogen-bond donors (Lipinski definition) is 5. The topological polar surface area (TPSA) is 249 Å². The van der Waals surface area contributed by atoms with E-state index in [4.69, 9.17) is 30.0 Å². The number of imidazole rings is 2. The number of likely N-dealkylation sites (N-methyl/N-ethyl adjacent to an activating group) is 1. The molecule has 1 aliphatic rings. The average Bonchev–Trinajstić information content (AvgIpc) is 4.01. The summed E-state index contributed by atoms with van der Waals surface area (Å²) in [6, 6.07) is 12.5. The Morgan fingerprint density at radius 3 is 1.98 bits per heavy atom. The number of ether oxygens (including phenoxy) is 2. The van der Waals surface area contributed by atoms with Gasteiger partial charge in [0.25, 0.3) is 11.8 Å². The molecule has 7 N–H and O–H groups in total. The molecule has 0 atom stereocenters. The van der Waals surface area contributed by atoms with Crippen molar-refractivity contribution in [3.05, 3.63) is 88.5 Å². The van der Waals surface area contributed by atoms with Gasteiger partial charge in [-0.15, -0.1) is 0 Å². The summed E-state index contributed by atoms with van der Waals surface area (Å²) in [7, 11) is 3.70. The molecule has 4 amide bonds. The molecule has 0 bridgehead atoms. The van der Waals surface area contributed by atoms with Gasteiger partial charge in [0.15, 0.2) is 0 Å². The molecule has 64 heavy (non-hydrogen) atoms. The number of allylic oxidation sites excluding steroid dienone is 2. The molecule has 0 saturated carbocycles. The Morgan fingerprint density at radius 1 is 0.844 bits per heavy atom. The first kappa shape index (κ1) is 46.6. The monoisotopic (exact) mass is 878 g/mol. The normalized spacial score (nSPS) is 13.5. The van der Waals surface area contributed by atoms with Crippen LogP contribution in [0.5, 0.6) is 5.75 Å². The predicted octanol–water partition coefficient (Wildman–Crippen LogP) is 3.39. The minimum Gasteiger partial charge on any atom is -0.491 e. The van der Waals surface area contributed by atoms with Crippen LogP contribution in [0.3, 0.4) is 0 Å². The molecular weight excluding hydrogens is 821 g/mol. The van der Waals surface area contributed by atoms with E-state index in [0.29, 0.717) is 78.0 Å². The number of carbonyl (C=O) groups is 4. The number of aryl methyl sites for hydroxylation is 5. The van der Waals surface area contributed by atoms with Crippen LogP contribution < -0.4 is 32.2 Å². The van der Waals surface area contributed by atoms with Crippen molar-refractivity contribution in [1.29, 1.82) is 0 Å². The van der Waals surface area contributed by atoms with E-state index in [2.05, 4.69) is 36.8 Å². The first-order valence-corrected chi connectivity index (χ1v) is 21.1. The fraction of sp³-hybridized carbons (Fsp3) is 0.409. The minimum absolute atomic E-state index is 0.153. The Morgan fingerprint density at radius 2 is 1.42 bits per heavy atom. The summed E-state index contributed by atoms with van der Waals surface area (Å²) in [6.07, 6.45) is 4.97. The number of primary amides is 2. The van der Waals surface area contributed by atoms with E-state index >= 15 is 0 Å². The van der Waals surface area contributed by atoms with Crippen molar-refractivity contribution in [3.63, 3.8) is 0 Å². The van der Waals surface area contributed by atoms with Crippen LogP contribution in [0.4, 0.5) is 11.9 Å². The van der Waals surface area contributed by atoms with Gasteiger partial charge in [0, 0.05) is 65.0 Å². The van der Waals surface area contributed by atoms with E-state index in [1.54, 1.807) is 46.8 Å². The highest BCUT2D eigenvalue weighted by atomic mass is 16.5. The zero-order chi connectivity index (χ0) is 46.1. The molecule has 4 aromatic heterocycles. The molecule has 2 aromatic carbocycles. The van der Waals surface area contributed by atoms with Gasteiger partial charge >= 0.3 is 0 Å². The van der Waals surface area contributed by atoms with E-state index in [1.807, 2.05) is 75.1 Å². The SMILES string of the molecule is CCn1nc(C)cc1C(=O)Nc1nc2cc(C(N)=O)ccc2n1C/C=C/Cn1c(NC(=O)c2cc(C)nn2CC)nc2cc(C)cc(OCCCN3CC(CNC)(OC)C3)c21.NC=O. The number of hydrogen-bond acceptors (Lipinski definition) is 12. The van der Waals surface area contributed by atoms with Crippen molar-refractivity contribution < 1.29 is 28.7 Å². The van der Waals surface area contributed by atoms with Gasteiger partial charge in [0.1, 0.15) is 28.3 Å². The molecule has 1 aliphatic heterocycles. The minimum atomic E-state index is -0.581. The van der Waals surface area contributed by atoms with Gasteiger partial charge in [-0.2, -0.15) is 10.2 Å². The number of methoxy groups -OCH3 is 1. The second-order valence-corrected chi connectivity index (χ2v) is 15.6. The molecule has 0 spiro atoms. The fourth-order valence-corrected chi connectivity index (χ4v) is 7.97. The highest BCUT2D eigenvalue weighted by Gasteiger charge is 2.42. The lowest BCUT2D eigenvalue weighted by atomic mass is 9.93. The van der Waals surface area contributed by atoms with Crippen molar-refractivity contribution in [2.75, 3.05) is 57.6 Å². The summed E-state index contributed by atoms with van der Waals surface area (Å²) in [6.45, 7) is 15.1. The third-order valence-electron chi connectivity index (χ3n) is 10.9. The molecule has 1 saturated heterocycles. The number of nitrogens with one attached hydrogen (secondary N) is 3.